The van der Waals surface area contributed by atoms with E-state index in [1.807, 2.05) is 19.1 Å². The van der Waals surface area contributed by atoms with Crippen molar-refractivity contribution in [1.29, 1.82) is 0 Å². The molecule has 1 aromatic heterocycles. The van der Waals surface area contributed by atoms with E-state index in [0.29, 0.717) is 10.9 Å². The summed E-state index contributed by atoms with van der Waals surface area (Å²) in [7, 11) is 0. The van der Waals surface area contributed by atoms with E-state index >= 15 is 0 Å². The van der Waals surface area contributed by atoms with Gasteiger partial charge in [-0.1, -0.05) is 18.5 Å². The number of hydrogen-bond donors (Lipinski definition) is 1. The van der Waals surface area contributed by atoms with Gasteiger partial charge in [-0.3, -0.25) is 4.98 Å². The Morgan fingerprint density at radius 1 is 1.25 bits per heavy atom. The third-order valence-electron chi connectivity index (χ3n) is 2.77. The topological polar surface area (TPSA) is 47.0 Å². The molecular weight excluding hydrogens is 274 g/mol. The van der Waals surface area contributed by atoms with Gasteiger partial charge in [-0.25, -0.2) is 4.98 Å². The molecule has 0 bridgehead atoms. The molecule has 2 aromatic rings. The van der Waals surface area contributed by atoms with Crippen molar-refractivity contribution in [2.45, 2.75) is 26.8 Å². The minimum atomic E-state index is 0.481. The van der Waals surface area contributed by atoms with E-state index < -0.39 is 0 Å². The summed E-state index contributed by atoms with van der Waals surface area (Å²) in [4.78, 5) is 8.58. The lowest BCUT2D eigenvalue weighted by atomic mass is 10.2. The number of rotatable bonds is 6. The zero-order valence-corrected chi connectivity index (χ0v) is 12.4. The van der Waals surface area contributed by atoms with Gasteiger partial charge in [0, 0.05) is 11.6 Å². The van der Waals surface area contributed by atoms with Crippen LogP contribution in [0.1, 0.15) is 24.6 Å². The average Bonchev–Trinajstić information content (AvgIpc) is 2.44. The molecule has 1 N–H and O–H groups in total. The molecule has 0 aliphatic heterocycles. The Bertz CT molecular complexity index is 558. The Morgan fingerprint density at radius 3 is 2.75 bits per heavy atom. The molecule has 5 heteroatoms. The Labute approximate surface area is 124 Å². The van der Waals surface area contributed by atoms with Gasteiger partial charge in [-0.15, -0.1) is 0 Å². The van der Waals surface area contributed by atoms with Gasteiger partial charge in [0.05, 0.1) is 18.1 Å². The standard InChI is InChI=1S/C15H18ClN3O/c1-3-6-17-8-13-9-19-15(10-18-13)20-14-5-4-12(16)7-11(14)2/h4-5,7,9-10,17H,3,6,8H2,1-2H3. The first-order valence-corrected chi connectivity index (χ1v) is 7.02. The molecule has 106 valence electrons. The van der Waals surface area contributed by atoms with Crippen molar-refractivity contribution in [2.75, 3.05) is 6.54 Å². The van der Waals surface area contributed by atoms with Gasteiger partial charge in [0.15, 0.2) is 0 Å². The molecule has 1 heterocycles. The molecule has 0 spiro atoms. The Morgan fingerprint density at radius 2 is 2.10 bits per heavy atom. The number of nitrogens with zero attached hydrogens (tertiary/aromatic N) is 2. The van der Waals surface area contributed by atoms with Crippen LogP contribution in [0.2, 0.25) is 5.02 Å². The third kappa shape index (κ3) is 4.18. The maximum Gasteiger partial charge on any atom is 0.237 e. The summed E-state index contributed by atoms with van der Waals surface area (Å²) in [5, 5.41) is 3.97. The van der Waals surface area contributed by atoms with Crippen LogP contribution in [0.15, 0.2) is 30.6 Å². The predicted octanol–water partition coefficient (Wildman–Crippen LogP) is 3.73. The smallest absolute Gasteiger partial charge is 0.237 e. The SMILES string of the molecule is CCCNCc1cnc(Oc2ccc(Cl)cc2C)cn1. The molecule has 0 saturated carbocycles. The van der Waals surface area contributed by atoms with E-state index in [1.54, 1.807) is 18.5 Å². The number of halogens is 1. The Hall–Kier alpha value is -1.65. The quantitative estimate of drug-likeness (QED) is 0.824. The fraction of sp³-hybridized carbons (Fsp3) is 0.333. The van der Waals surface area contributed by atoms with E-state index in [4.69, 9.17) is 16.3 Å². The summed E-state index contributed by atoms with van der Waals surface area (Å²) in [6.45, 7) is 5.77. The lowest BCUT2D eigenvalue weighted by molar-refractivity contribution is 0.455. The maximum atomic E-state index is 5.91. The zero-order chi connectivity index (χ0) is 14.4. The summed E-state index contributed by atoms with van der Waals surface area (Å²) in [6, 6.07) is 5.48. The molecule has 0 radical (unpaired) electrons. The van der Waals surface area contributed by atoms with E-state index in [0.717, 1.165) is 36.5 Å². The Kier molecular flexibility index (Phi) is 5.32. The molecule has 0 aliphatic carbocycles. The van der Waals surface area contributed by atoms with Crippen LogP contribution in [0.5, 0.6) is 11.6 Å². The Balaban J connectivity index is 1.99. The third-order valence-corrected chi connectivity index (χ3v) is 3.00. The van der Waals surface area contributed by atoms with E-state index in [-0.39, 0.29) is 0 Å². The van der Waals surface area contributed by atoms with Crippen molar-refractivity contribution >= 4 is 11.6 Å². The zero-order valence-electron chi connectivity index (χ0n) is 11.7. The van der Waals surface area contributed by atoms with Crippen molar-refractivity contribution in [2.24, 2.45) is 0 Å². The van der Waals surface area contributed by atoms with E-state index in [9.17, 15) is 0 Å². The first kappa shape index (κ1) is 14.8. The van der Waals surface area contributed by atoms with Crippen LogP contribution in [-0.4, -0.2) is 16.5 Å². The van der Waals surface area contributed by atoms with Crippen LogP contribution >= 0.6 is 11.6 Å². The van der Waals surface area contributed by atoms with Crippen LogP contribution in [0.4, 0.5) is 0 Å². The molecule has 0 aliphatic rings. The van der Waals surface area contributed by atoms with Crippen LogP contribution in [0, 0.1) is 6.92 Å². The van der Waals surface area contributed by atoms with Crippen molar-refractivity contribution in [3.8, 4) is 11.6 Å². The largest absolute Gasteiger partial charge is 0.437 e. The summed E-state index contributed by atoms with van der Waals surface area (Å²) in [5.74, 6) is 1.22. The highest BCUT2D eigenvalue weighted by Crippen LogP contribution is 2.25. The normalized spacial score (nSPS) is 10.6. The van der Waals surface area contributed by atoms with Gasteiger partial charge in [0.25, 0.3) is 0 Å². The monoisotopic (exact) mass is 291 g/mol. The molecule has 0 atom stereocenters. The van der Waals surface area contributed by atoms with Crippen LogP contribution in [-0.2, 0) is 6.54 Å². The van der Waals surface area contributed by atoms with Gasteiger partial charge in [0.2, 0.25) is 5.88 Å². The molecule has 1 aromatic carbocycles. The van der Waals surface area contributed by atoms with Crippen LogP contribution < -0.4 is 10.1 Å². The molecule has 0 unspecified atom stereocenters. The number of hydrogen-bond acceptors (Lipinski definition) is 4. The second-order valence-electron chi connectivity index (χ2n) is 4.53. The molecule has 0 saturated heterocycles. The van der Waals surface area contributed by atoms with Gasteiger partial charge < -0.3 is 10.1 Å². The lowest BCUT2D eigenvalue weighted by Gasteiger charge is -2.08. The van der Waals surface area contributed by atoms with E-state index in [2.05, 4.69) is 22.2 Å². The highest BCUT2D eigenvalue weighted by atomic mass is 35.5. The minimum Gasteiger partial charge on any atom is -0.437 e. The molecule has 2 rings (SSSR count). The highest BCUT2D eigenvalue weighted by molar-refractivity contribution is 6.30. The second kappa shape index (κ2) is 7.22. The lowest BCUT2D eigenvalue weighted by Crippen LogP contribution is -2.14. The molecule has 0 amide bonds. The minimum absolute atomic E-state index is 0.481. The van der Waals surface area contributed by atoms with Crippen molar-refractivity contribution < 1.29 is 4.74 Å². The number of nitrogens with one attached hydrogen (secondary N) is 1. The van der Waals surface area contributed by atoms with Crippen LogP contribution in [0.25, 0.3) is 0 Å². The number of aromatic nitrogens is 2. The summed E-state index contributed by atoms with van der Waals surface area (Å²) >= 11 is 5.91. The van der Waals surface area contributed by atoms with Crippen molar-refractivity contribution in [3.05, 3.63) is 46.9 Å². The first-order chi connectivity index (χ1) is 9.69. The van der Waals surface area contributed by atoms with Gasteiger partial charge >= 0.3 is 0 Å². The van der Waals surface area contributed by atoms with Crippen molar-refractivity contribution in [3.63, 3.8) is 0 Å². The summed E-state index contributed by atoms with van der Waals surface area (Å²) in [5.41, 5.74) is 1.87. The maximum absolute atomic E-state index is 5.91. The van der Waals surface area contributed by atoms with E-state index in [1.165, 1.54) is 0 Å². The molecule has 0 fully saturated rings. The van der Waals surface area contributed by atoms with Gasteiger partial charge in [-0.05, 0) is 43.7 Å². The average molecular weight is 292 g/mol. The molecular formula is C15H18ClN3O. The fourth-order valence-electron chi connectivity index (χ4n) is 1.72. The predicted molar refractivity (Wildman–Crippen MR) is 80.3 cm³/mol. The number of benzene rings is 1. The molecule has 4 nitrogen and oxygen atoms in total. The summed E-state index contributed by atoms with van der Waals surface area (Å²) < 4.78 is 5.69. The highest BCUT2D eigenvalue weighted by Gasteiger charge is 2.04. The first-order valence-electron chi connectivity index (χ1n) is 6.64. The second-order valence-corrected chi connectivity index (χ2v) is 4.97. The number of ether oxygens (including phenoxy) is 1. The summed E-state index contributed by atoms with van der Waals surface area (Å²) in [6.07, 6.45) is 4.46. The van der Waals surface area contributed by atoms with Gasteiger partial charge in [-0.2, -0.15) is 0 Å². The van der Waals surface area contributed by atoms with Crippen molar-refractivity contribution in [1.82, 2.24) is 15.3 Å². The van der Waals surface area contributed by atoms with Gasteiger partial charge in [0.1, 0.15) is 5.75 Å². The van der Waals surface area contributed by atoms with Crippen LogP contribution in [0.3, 0.4) is 0 Å². The molecule has 20 heavy (non-hydrogen) atoms. The fourth-order valence-corrected chi connectivity index (χ4v) is 1.95. The number of aryl methyl sites for hydroxylation is 1.